The number of nitrogens with one attached hydrogen (secondary N) is 1. The molecular weight excluding hydrogens is 586 g/mol. The Morgan fingerprint density at radius 2 is 1.70 bits per heavy atom. The van der Waals surface area contributed by atoms with Crippen LogP contribution in [0.1, 0.15) is 72.4 Å². The summed E-state index contributed by atoms with van der Waals surface area (Å²) in [6, 6.07) is 30.0. The van der Waals surface area contributed by atoms with Gasteiger partial charge in [0.1, 0.15) is 18.1 Å². The fraction of sp³-hybridized carbons (Fsp3) is 0.282. The molecule has 0 aliphatic heterocycles. The van der Waals surface area contributed by atoms with E-state index in [1.54, 1.807) is 17.0 Å². The molecule has 1 N–H and O–H groups in total. The van der Waals surface area contributed by atoms with Gasteiger partial charge in [-0.05, 0) is 93.6 Å². The number of carbonyl (C=O) groups is 2. The standard InChI is InChI=1S/C39H39N5O3/c1-27-14-16-30(17-15-27)39(46)43(32-19-21-34(22-20-32)47-33-12-8-5-9-13-33)25-37-42-35-24-31(40-3)18-23-36(35)44(37)26-38(45)41-28(2)29-10-6-4-7-11-29/h4,6-7,10-11,14-24,28,33H,5,8-9,12-13,25-26H2,1-2H3,(H,41,45)/t28-/m0/s1. The highest BCUT2D eigenvalue weighted by Gasteiger charge is 2.24. The number of hydrogen-bond acceptors (Lipinski definition) is 4. The van der Waals surface area contributed by atoms with Gasteiger partial charge in [-0.3, -0.25) is 9.59 Å². The van der Waals surface area contributed by atoms with Gasteiger partial charge in [-0.1, -0.05) is 60.5 Å². The van der Waals surface area contributed by atoms with Crippen LogP contribution in [0.2, 0.25) is 0 Å². The van der Waals surface area contributed by atoms with Gasteiger partial charge in [0.2, 0.25) is 5.91 Å². The fourth-order valence-electron chi connectivity index (χ4n) is 6.14. The molecule has 0 radical (unpaired) electrons. The molecule has 0 saturated heterocycles. The number of anilines is 1. The van der Waals surface area contributed by atoms with Gasteiger partial charge in [-0.15, -0.1) is 0 Å². The molecule has 8 heteroatoms. The summed E-state index contributed by atoms with van der Waals surface area (Å²) in [4.78, 5) is 37.7. The number of fused-ring (bicyclic) bond motifs is 1. The largest absolute Gasteiger partial charge is 0.490 e. The van der Waals surface area contributed by atoms with Crippen molar-refractivity contribution in [3.8, 4) is 5.75 Å². The first-order valence-electron chi connectivity index (χ1n) is 16.2. The molecular formula is C39H39N5O3. The molecule has 1 saturated carbocycles. The van der Waals surface area contributed by atoms with Crippen LogP contribution in [0.4, 0.5) is 11.4 Å². The van der Waals surface area contributed by atoms with E-state index < -0.39 is 0 Å². The maximum atomic E-state index is 14.2. The summed E-state index contributed by atoms with van der Waals surface area (Å²) >= 11 is 0. The van der Waals surface area contributed by atoms with E-state index >= 15 is 0 Å². The Balaban J connectivity index is 1.33. The zero-order chi connectivity index (χ0) is 32.8. The molecule has 0 unspecified atom stereocenters. The van der Waals surface area contributed by atoms with E-state index in [-0.39, 0.29) is 37.0 Å². The summed E-state index contributed by atoms with van der Waals surface area (Å²) < 4.78 is 8.11. The van der Waals surface area contributed by atoms with E-state index in [4.69, 9.17) is 16.3 Å². The summed E-state index contributed by atoms with van der Waals surface area (Å²) in [5.74, 6) is 0.949. The van der Waals surface area contributed by atoms with Crippen molar-refractivity contribution in [2.45, 2.75) is 71.2 Å². The number of aromatic nitrogens is 2. The molecule has 1 aromatic heterocycles. The Morgan fingerprint density at radius 1 is 0.979 bits per heavy atom. The number of carbonyl (C=O) groups excluding carboxylic acids is 2. The third kappa shape index (κ3) is 7.53. The second-order valence-electron chi connectivity index (χ2n) is 12.2. The number of aryl methyl sites for hydroxylation is 1. The highest BCUT2D eigenvalue weighted by atomic mass is 16.5. The van der Waals surface area contributed by atoms with Crippen molar-refractivity contribution >= 4 is 34.2 Å². The van der Waals surface area contributed by atoms with E-state index in [1.165, 1.54) is 19.3 Å². The van der Waals surface area contributed by atoms with Crippen LogP contribution < -0.4 is 15.0 Å². The van der Waals surface area contributed by atoms with Crippen LogP contribution in [-0.2, 0) is 17.9 Å². The van der Waals surface area contributed by atoms with Crippen LogP contribution in [0.5, 0.6) is 5.75 Å². The van der Waals surface area contributed by atoms with E-state index in [1.807, 2.05) is 103 Å². The Bertz CT molecular complexity index is 1890. The van der Waals surface area contributed by atoms with Crippen molar-refractivity contribution in [3.05, 3.63) is 131 Å². The van der Waals surface area contributed by atoms with Crippen LogP contribution in [0.25, 0.3) is 15.9 Å². The molecule has 1 heterocycles. The first-order chi connectivity index (χ1) is 22.9. The Labute approximate surface area is 275 Å². The zero-order valence-corrected chi connectivity index (χ0v) is 26.9. The number of benzene rings is 4. The number of hydrogen-bond donors (Lipinski definition) is 1. The molecule has 238 valence electrons. The lowest BCUT2D eigenvalue weighted by Gasteiger charge is -2.25. The van der Waals surface area contributed by atoms with Crippen LogP contribution in [0.3, 0.4) is 0 Å². The molecule has 8 nitrogen and oxygen atoms in total. The summed E-state index contributed by atoms with van der Waals surface area (Å²) in [5.41, 5.74) is 5.07. The summed E-state index contributed by atoms with van der Waals surface area (Å²) in [6.45, 7) is 11.6. The van der Waals surface area contributed by atoms with Crippen molar-refractivity contribution in [1.29, 1.82) is 0 Å². The first kappa shape index (κ1) is 31.6. The molecule has 2 amide bonds. The van der Waals surface area contributed by atoms with E-state index in [9.17, 15) is 9.59 Å². The fourth-order valence-corrected chi connectivity index (χ4v) is 6.14. The van der Waals surface area contributed by atoms with E-state index in [0.717, 1.165) is 29.7 Å². The number of rotatable bonds is 10. The lowest BCUT2D eigenvalue weighted by atomic mass is 9.98. The summed E-state index contributed by atoms with van der Waals surface area (Å²) in [7, 11) is 0. The van der Waals surface area contributed by atoms with Crippen LogP contribution in [0.15, 0.2) is 97.1 Å². The van der Waals surface area contributed by atoms with Crippen molar-refractivity contribution < 1.29 is 14.3 Å². The molecule has 4 aromatic carbocycles. The van der Waals surface area contributed by atoms with Gasteiger partial charge in [-0.25, -0.2) is 9.83 Å². The predicted octanol–water partition coefficient (Wildman–Crippen LogP) is 8.33. The minimum absolute atomic E-state index is 0.00109. The third-order valence-electron chi connectivity index (χ3n) is 8.77. The summed E-state index contributed by atoms with van der Waals surface area (Å²) in [6.07, 6.45) is 5.96. The van der Waals surface area contributed by atoms with Gasteiger partial charge in [0, 0.05) is 11.3 Å². The van der Waals surface area contributed by atoms with Crippen LogP contribution >= 0.6 is 0 Å². The van der Waals surface area contributed by atoms with Crippen molar-refractivity contribution in [1.82, 2.24) is 14.9 Å². The average Bonchev–Trinajstić information content (AvgIpc) is 3.43. The lowest BCUT2D eigenvalue weighted by molar-refractivity contribution is -0.122. The Morgan fingerprint density at radius 3 is 2.40 bits per heavy atom. The third-order valence-corrected chi connectivity index (χ3v) is 8.77. The molecule has 1 aliphatic carbocycles. The minimum atomic E-state index is -0.190. The molecule has 5 aromatic rings. The van der Waals surface area contributed by atoms with Gasteiger partial charge in [-0.2, -0.15) is 0 Å². The minimum Gasteiger partial charge on any atom is -0.490 e. The van der Waals surface area contributed by atoms with Crippen LogP contribution in [0, 0.1) is 13.5 Å². The van der Waals surface area contributed by atoms with Crippen molar-refractivity contribution in [2.75, 3.05) is 4.90 Å². The predicted molar refractivity (Wildman–Crippen MR) is 185 cm³/mol. The smallest absolute Gasteiger partial charge is 0.258 e. The maximum absolute atomic E-state index is 14.2. The highest BCUT2D eigenvalue weighted by molar-refractivity contribution is 6.06. The normalized spacial score (nSPS) is 13.9. The number of nitrogens with zero attached hydrogens (tertiary/aromatic N) is 4. The zero-order valence-electron chi connectivity index (χ0n) is 26.9. The van der Waals surface area contributed by atoms with E-state index in [2.05, 4.69) is 10.2 Å². The average molecular weight is 626 g/mol. The molecule has 1 fully saturated rings. The molecule has 0 spiro atoms. The SMILES string of the molecule is [C-]#[N+]c1ccc2c(c1)nc(CN(C(=O)c1ccc(C)cc1)c1ccc(OC3CCCCC3)cc1)n2CC(=O)N[C@@H](C)c1ccccc1. The molecule has 1 atom stereocenters. The van der Waals surface area contributed by atoms with Gasteiger partial charge in [0.05, 0.1) is 36.3 Å². The Kier molecular flexibility index (Phi) is 9.63. The van der Waals surface area contributed by atoms with Gasteiger partial charge in [0.25, 0.3) is 5.91 Å². The number of imidazole rings is 1. The quantitative estimate of drug-likeness (QED) is 0.158. The van der Waals surface area contributed by atoms with Gasteiger partial charge in [0.15, 0.2) is 5.69 Å². The highest BCUT2D eigenvalue weighted by Crippen LogP contribution is 2.29. The summed E-state index contributed by atoms with van der Waals surface area (Å²) in [5, 5.41) is 3.10. The van der Waals surface area contributed by atoms with Gasteiger partial charge >= 0.3 is 0 Å². The monoisotopic (exact) mass is 625 g/mol. The van der Waals surface area contributed by atoms with Gasteiger partial charge < -0.3 is 19.5 Å². The second-order valence-corrected chi connectivity index (χ2v) is 12.2. The molecule has 0 bridgehead atoms. The molecule has 6 rings (SSSR count). The van der Waals surface area contributed by atoms with E-state index in [0.29, 0.717) is 33.8 Å². The molecule has 47 heavy (non-hydrogen) atoms. The topological polar surface area (TPSA) is 80.8 Å². The molecule has 1 aliphatic rings. The number of amides is 2. The maximum Gasteiger partial charge on any atom is 0.258 e. The lowest BCUT2D eigenvalue weighted by Crippen LogP contribution is -2.34. The van der Waals surface area contributed by atoms with Crippen molar-refractivity contribution in [2.24, 2.45) is 0 Å². The number of ether oxygens (including phenoxy) is 1. The Hall–Kier alpha value is -5.42. The van der Waals surface area contributed by atoms with Crippen LogP contribution in [-0.4, -0.2) is 27.5 Å². The first-order valence-corrected chi connectivity index (χ1v) is 16.2. The second kappa shape index (κ2) is 14.3. The van der Waals surface area contributed by atoms with Crippen molar-refractivity contribution in [3.63, 3.8) is 0 Å².